The Labute approximate surface area is 139 Å². The molecule has 0 spiro atoms. The first-order valence-electron chi connectivity index (χ1n) is 7.86. The van der Waals surface area contributed by atoms with Gasteiger partial charge in [0.15, 0.2) is 6.29 Å². The molecule has 0 radical (unpaired) electrons. The Morgan fingerprint density at radius 1 is 1.43 bits per heavy atom. The van der Waals surface area contributed by atoms with Gasteiger partial charge in [-0.3, -0.25) is 0 Å². The molecule has 1 aliphatic heterocycles. The van der Waals surface area contributed by atoms with E-state index in [1.807, 2.05) is 0 Å². The SMILES string of the molecule is O=C(NCC1(c2ccc(F)cc2Cl)CC1)NO[C@@H]1CCCCO1. The molecule has 2 aliphatic rings. The van der Waals surface area contributed by atoms with Crippen molar-refractivity contribution in [3.63, 3.8) is 0 Å². The number of benzene rings is 1. The van der Waals surface area contributed by atoms with Crippen molar-refractivity contribution >= 4 is 17.6 Å². The first-order chi connectivity index (χ1) is 11.1. The zero-order chi connectivity index (χ0) is 16.3. The van der Waals surface area contributed by atoms with Gasteiger partial charge >= 0.3 is 6.03 Å². The Bertz CT molecular complexity index is 574. The number of urea groups is 1. The molecule has 0 unspecified atom stereocenters. The lowest BCUT2D eigenvalue weighted by atomic mass is 9.96. The third kappa shape index (κ3) is 4.13. The standard InChI is InChI=1S/C16H20ClFN2O3/c17-13-9-11(18)4-5-12(13)16(6-7-16)10-19-15(21)20-23-14-3-1-2-8-22-14/h4-5,9,14H,1-3,6-8,10H2,(H2,19,20,21)/t14-/m1/s1. The maximum atomic E-state index is 13.2. The second-order valence-electron chi connectivity index (χ2n) is 6.10. The van der Waals surface area contributed by atoms with Crippen LogP contribution in [0.15, 0.2) is 18.2 Å². The van der Waals surface area contributed by atoms with Crippen LogP contribution in [0.4, 0.5) is 9.18 Å². The average molecular weight is 343 g/mol. The number of hydrogen-bond acceptors (Lipinski definition) is 3. The van der Waals surface area contributed by atoms with Crippen LogP contribution >= 0.6 is 11.6 Å². The van der Waals surface area contributed by atoms with Gasteiger partial charge in [-0.1, -0.05) is 17.7 Å². The molecule has 2 fully saturated rings. The molecular formula is C16H20ClFN2O3. The Morgan fingerprint density at radius 3 is 2.91 bits per heavy atom. The Hall–Kier alpha value is -1.37. The normalized spacial score (nSPS) is 22.4. The highest BCUT2D eigenvalue weighted by Gasteiger charge is 2.45. The van der Waals surface area contributed by atoms with Crippen molar-refractivity contribution in [1.82, 2.24) is 10.8 Å². The van der Waals surface area contributed by atoms with Gasteiger partial charge in [0.1, 0.15) is 5.82 Å². The number of rotatable bonds is 5. The van der Waals surface area contributed by atoms with Crippen molar-refractivity contribution in [3.05, 3.63) is 34.6 Å². The zero-order valence-corrected chi connectivity index (χ0v) is 13.5. The summed E-state index contributed by atoms with van der Waals surface area (Å²) in [4.78, 5) is 17.1. The van der Waals surface area contributed by atoms with E-state index in [-0.39, 0.29) is 17.5 Å². The maximum absolute atomic E-state index is 13.2. The fraction of sp³-hybridized carbons (Fsp3) is 0.562. The summed E-state index contributed by atoms with van der Waals surface area (Å²) in [6.07, 6.45) is 4.26. The number of carbonyl (C=O) groups is 1. The van der Waals surface area contributed by atoms with Gasteiger partial charge in [-0.2, -0.15) is 0 Å². The average Bonchev–Trinajstić information content (AvgIpc) is 3.33. The van der Waals surface area contributed by atoms with Crippen molar-refractivity contribution in [1.29, 1.82) is 0 Å². The second kappa shape index (κ2) is 7.03. The molecule has 3 rings (SSSR count). The molecule has 1 aromatic carbocycles. The van der Waals surface area contributed by atoms with Crippen LogP contribution in [0.3, 0.4) is 0 Å². The molecule has 1 aliphatic carbocycles. The van der Waals surface area contributed by atoms with Crippen molar-refractivity contribution < 1.29 is 18.8 Å². The van der Waals surface area contributed by atoms with Crippen LogP contribution in [0.2, 0.25) is 5.02 Å². The fourth-order valence-corrected chi connectivity index (χ4v) is 3.19. The summed E-state index contributed by atoms with van der Waals surface area (Å²) in [5.74, 6) is -0.360. The number of nitrogens with one attached hydrogen (secondary N) is 2. The Balaban J connectivity index is 1.48. The molecule has 0 bridgehead atoms. The van der Waals surface area contributed by atoms with Crippen LogP contribution in [0, 0.1) is 5.82 Å². The predicted molar refractivity (Wildman–Crippen MR) is 83.5 cm³/mol. The van der Waals surface area contributed by atoms with E-state index in [4.69, 9.17) is 21.2 Å². The molecule has 1 saturated heterocycles. The summed E-state index contributed by atoms with van der Waals surface area (Å²) < 4.78 is 18.5. The highest BCUT2D eigenvalue weighted by atomic mass is 35.5. The van der Waals surface area contributed by atoms with Crippen LogP contribution in [-0.2, 0) is 15.0 Å². The predicted octanol–water partition coefficient (Wildman–Crippen LogP) is 3.27. The van der Waals surface area contributed by atoms with E-state index in [2.05, 4.69) is 10.8 Å². The van der Waals surface area contributed by atoms with E-state index in [0.717, 1.165) is 37.7 Å². The number of hydrogen-bond donors (Lipinski definition) is 2. The number of ether oxygens (including phenoxy) is 1. The first-order valence-corrected chi connectivity index (χ1v) is 8.23. The van der Waals surface area contributed by atoms with Crippen LogP contribution in [0.1, 0.15) is 37.7 Å². The van der Waals surface area contributed by atoms with E-state index >= 15 is 0 Å². The smallest absolute Gasteiger partial charge is 0.338 e. The van der Waals surface area contributed by atoms with Crippen LogP contribution in [0.5, 0.6) is 0 Å². The minimum absolute atomic E-state index is 0.205. The van der Waals surface area contributed by atoms with E-state index in [1.54, 1.807) is 6.07 Å². The van der Waals surface area contributed by atoms with Gasteiger partial charge in [0, 0.05) is 30.0 Å². The quantitative estimate of drug-likeness (QED) is 0.807. The third-order valence-corrected chi connectivity index (χ3v) is 4.68. The zero-order valence-electron chi connectivity index (χ0n) is 12.7. The van der Waals surface area contributed by atoms with Crippen molar-refractivity contribution in [2.75, 3.05) is 13.2 Å². The van der Waals surface area contributed by atoms with Gasteiger partial charge in [0.25, 0.3) is 0 Å². The highest BCUT2D eigenvalue weighted by molar-refractivity contribution is 6.31. The molecule has 1 heterocycles. The maximum Gasteiger partial charge on any atom is 0.338 e. The molecule has 1 saturated carbocycles. The Kier molecular flexibility index (Phi) is 5.04. The highest BCUT2D eigenvalue weighted by Crippen LogP contribution is 2.50. The molecule has 7 heteroatoms. The molecule has 126 valence electrons. The van der Waals surface area contributed by atoms with E-state index in [0.29, 0.717) is 18.2 Å². The molecule has 0 aromatic heterocycles. The molecule has 2 amide bonds. The summed E-state index contributed by atoms with van der Waals surface area (Å²) in [6, 6.07) is 3.98. The van der Waals surface area contributed by atoms with Gasteiger partial charge < -0.3 is 10.1 Å². The topological polar surface area (TPSA) is 59.6 Å². The summed E-state index contributed by atoms with van der Waals surface area (Å²) in [5.41, 5.74) is 3.03. The minimum Gasteiger partial charge on any atom is -0.350 e. The lowest BCUT2D eigenvalue weighted by Gasteiger charge is -2.23. The largest absolute Gasteiger partial charge is 0.350 e. The van der Waals surface area contributed by atoms with Gasteiger partial charge in [0.05, 0.1) is 0 Å². The van der Waals surface area contributed by atoms with E-state index in [9.17, 15) is 9.18 Å². The lowest BCUT2D eigenvalue weighted by molar-refractivity contribution is -0.186. The lowest BCUT2D eigenvalue weighted by Crippen LogP contribution is -2.42. The molecule has 23 heavy (non-hydrogen) atoms. The van der Waals surface area contributed by atoms with Crippen LogP contribution in [0.25, 0.3) is 0 Å². The van der Waals surface area contributed by atoms with Crippen LogP contribution in [-0.4, -0.2) is 25.5 Å². The van der Waals surface area contributed by atoms with E-state index < -0.39 is 6.03 Å². The van der Waals surface area contributed by atoms with Crippen LogP contribution < -0.4 is 10.8 Å². The monoisotopic (exact) mass is 342 g/mol. The van der Waals surface area contributed by atoms with Crippen molar-refractivity contribution in [3.8, 4) is 0 Å². The first kappa shape index (κ1) is 16.5. The molecule has 1 aromatic rings. The second-order valence-corrected chi connectivity index (χ2v) is 6.51. The van der Waals surface area contributed by atoms with E-state index in [1.165, 1.54) is 12.1 Å². The van der Waals surface area contributed by atoms with Crippen molar-refractivity contribution in [2.45, 2.75) is 43.8 Å². The van der Waals surface area contributed by atoms with Crippen molar-refractivity contribution in [2.24, 2.45) is 0 Å². The van der Waals surface area contributed by atoms with Gasteiger partial charge in [-0.05, 0) is 43.4 Å². The minimum atomic E-state index is -0.413. The summed E-state index contributed by atoms with van der Waals surface area (Å²) in [5, 5.41) is 3.18. The number of halogens is 2. The Morgan fingerprint density at radius 2 is 2.26 bits per heavy atom. The summed E-state index contributed by atoms with van der Waals surface area (Å²) in [7, 11) is 0. The molecule has 2 N–H and O–H groups in total. The summed E-state index contributed by atoms with van der Waals surface area (Å²) in [6.45, 7) is 1.08. The molecular weight excluding hydrogens is 323 g/mol. The molecule has 1 atom stereocenters. The number of hydroxylamine groups is 1. The third-order valence-electron chi connectivity index (χ3n) is 4.36. The van der Waals surface area contributed by atoms with Gasteiger partial charge in [0.2, 0.25) is 0 Å². The van der Waals surface area contributed by atoms with Gasteiger partial charge in [-0.15, -0.1) is 0 Å². The number of carbonyl (C=O) groups excluding carboxylic acids is 1. The number of amides is 2. The summed E-state index contributed by atoms with van der Waals surface area (Å²) >= 11 is 6.12. The molecule has 5 nitrogen and oxygen atoms in total. The van der Waals surface area contributed by atoms with Gasteiger partial charge in [-0.25, -0.2) is 19.5 Å². The fourth-order valence-electron chi connectivity index (χ4n) is 2.82.